The first-order valence-electron chi connectivity index (χ1n) is 6.31. The number of hydrogen-bond acceptors (Lipinski definition) is 3. The van der Waals surface area contributed by atoms with Crippen LogP contribution in [0.5, 0.6) is 11.5 Å². The standard InChI is InChI=1S/C15H17ClN2O/c1-2-11(17)9-13-14(16)6-3-7-15(13)19-12-5-4-8-18-10-12/h3-8,10-11H,2,9,17H2,1H3. The predicted molar refractivity (Wildman–Crippen MR) is 77.7 cm³/mol. The Kier molecular flexibility index (Phi) is 4.77. The van der Waals surface area contributed by atoms with Crippen LogP contribution < -0.4 is 10.5 Å². The Morgan fingerprint density at radius 3 is 2.84 bits per heavy atom. The predicted octanol–water partition coefficient (Wildman–Crippen LogP) is 3.81. The van der Waals surface area contributed by atoms with E-state index in [9.17, 15) is 0 Å². The number of ether oxygens (including phenoxy) is 1. The van der Waals surface area contributed by atoms with Crippen molar-refractivity contribution in [2.24, 2.45) is 5.73 Å². The van der Waals surface area contributed by atoms with E-state index in [4.69, 9.17) is 22.1 Å². The van der Waals surface area contributed by atoms with Crippen LogP contribution in [0.3, 0.4) is 0 Å². The molecule has 0 aliphatic heterocycles. The van der Waals surface area contributed by atoms with Crippen molar-refractivity contribution in [1.29, 1.82) is 0 Å². The molecule has 1 atom stereocenters. The smallest absolute Gasteiger partial charge is 0.145 e. The van der Waals surface area contributed by atoms with E-state index >= 15 is 0 Å². The number of aromatic nitrogens is 1. The lowest BCUT2D eigenvalue weighted by atomic mass is 10.0. The van der Waals surface area contributed by atoms with E-state index in [1.54, 1.807) is 12.4 Å². The summed E-state index contributed by atoms with van der Waals surface area (Å²) in [5.41, 5.74) is 6.96. The van der Waals surface area contributed by atoms with Gasteiger partial charge in [0.15, 0.2) is 0 Å². The van der Waals surface area contributed by atoms with E-state index in [0.29, 0.717) is 17.2 Å². The Morgan fingerprint density at radius 2 is 2.16 bits per heavy atom. The zero-order valence-corrected chi connectivity index (χ0v) is 11.6. The SMILES string of the molecule is CCC(N)Cc1c(Cl)cccc1Oc1cccnc1. The fourth-order valence-electron chi connectivity index (χ4n) is 1.77. The number of halogens is 1. The van der Waals surface area contributed by atoms with Crippen molar-refractivity contribution in [1.82, 2.24) is 4.98 Å². The first kappa shape index (κ1) is 13.8. The molecule has 0 fully saturated rings. The van der Waals surface area contributed by atoms with Gasteiger partial charge in [0.2, 0.25) is 0 Å². The maximum atomic E-state index is 6.25. The van der Waals surface area contributed by atoms with E-state index in [2.05, 4.69) is 11.9 Å². The quantitative estimate of drug-likeness (QED) is 0.903. The number of hydrogen-bond donors (Lipinski definition) is 1. The van der Waals surface area contributed by atoms with Crippen molar-refractivity contribution in [3.8, 4) is 11.5 Å². The van der Waals surface area contributed by atoms with Gasteiger partial charge in [0, 0.05) is 22.8 Å². The van der Waals surface area contributed by atoms with Crippen molar-refractivity contribution in [2.75, 3.05) is 0 Å². The number of benzene rings is 1. The van der Waals surface area contributed by atoms with Crippen molar-refractivity contribution in [2.45, 2.75) is 25.8 Å². The van der Waals surface area contributed by atoms with Crippen LogP contribution in [0.15, 0.2) is 42.7 Å². The molecule has 4 heteroatoms. The first-order valence-corrected chi connectivity index (χ1v) is 6.69. The highest BCUT2D eigenvalue weighted by atomic mass is 35.5. The maximum absolute atomic E-state index is 6.25. The fraction of sp³-hybridized carbons (Fsp3) is 0.267. The van der Waals surface area contributed by atoms with Gasteiger partial charge in [-0.05, 0) is 37.1 Å². The molecular formula is C15H17ClN2O. The van der Waals surface area contributed by atoms with E-state index in [-0.39, 0.29) is 6.04 Å². The van der Waals surface area contributed by atoms with Crippen LogP contribution in [0, 0.1) is 0 Å². The second kappa shape index (κ2) is 6.55. The summed E-state index contributed by atoms with van der Waals surface area (Å²) in [6, 6.07) is 9.39. The summed E-state index contributed by atoms with van der Waals surface area (Å²) in [6.07, 6.45) is 4.98. The molecule has 100 valence electrons. The monoisotopic (exact) mass is 276 g/mol. The Morgan fingerprint density at radius 1 is 1.32 bits per heavy atom. The van der Waals surface area contributed by atoms with Gasteiger partial charge < -0.3 is 10.5 Å². The molecule has 3 nitrogen and oxygen atoms in total. The molecule has 0 radical (unpaired) electrons. The highest BCUT2D eigenvalue weighted by Gasteiger charge is 2.12. The molecule has 1 aromatic carbocycles. The van der Waals surface area contributed by atoms with Gasteiger partial charge in [-0.25, -0.2) is 0 Å². The molecule has 2 aromatic rings. The molecule has 1 unspecified atom stereocenters. The first-order chi connectivity index (χ1) is 9.20. The summed E-state index contributed by atoms with van der Waals surface area (Å²) < 4.78 is 5.83. The van der Waals surface area contributed by atoms with Gasteiger partial charge in [0.25, 0.3) is 0 Å². The lowest BCUT2D eigenvalue weighted by Gasteiger charge is -2.15. The number of rotatable bonds is 5. The molecule has 0 aliphatic rings. The molecule has 1 heterocycles. The average molecular weight is 277 g/mol. The molecule has 19 heavy (non-hydrogen) atoms. The Labute approximate surface area is 118 Å². The normalized spacial score (nSPS) is 12.2. The minimum absolute atomic E-state index is 0.0798. The van der Waals surface area contributed by atoms with Gasteiger partial charge in [-0.2, -0.15) is 0 Å². The summed E-state index contributed by atoms with van der Waals surface area (Å²) in [4.78, 5) is 4.03. The van der Waals surface area contributed by atoms with Gasteiger partial charge in [0.05, 0.1) is 6.20 Å². The molecule has 0 saturated heterocycles. The largest absolute Gasteiger partial charge is 0.455 e. The van der Waals surface area contributed by atoms with Crippen LogP contribution in [0.25, 0.3) is 0 Å². The molecule has 0 spiro atoms. The maximum Gasteiger partial charge on any atom is 0.145 e. The highest BCUT2D eigenvalue weighted by molar-refractivity contribution is 6.31. The van der Waals surface area contributed by atoms with Crippen LogP contribution in [-0.4, -0.2) is 11.0 Å². The summed E-state index contributed by atoms with van der Waals surface area (Å²) in [5.74, 6) is 1.43. The zero-order valence-electron chi connectivity index (χ0n) is 10.8. The van der Waals surface area contributed by atoms with Crippen LogP contribution in [-0.2, 0) is 6.42 Å². The summed E-state index contributed by atoms with van der Waals surface area (Å²) in [7, 11) is 0. The van der Waals surface area contributed by atoms with Gasteiger partial charge in [-0.15, -0.1) is 0 Å². The van der Waals surface area contributed by atoms with Gasteiger partial charge in [-0.1, -0.05) is 24.6 Å². The van der Waals surface area contributed by atoms with Crippen LogP contribution in [0.4, 0.5) is 0 Å². The molecule has 0 amide bonds. The molecule has 2 N–H and O–H groups in total. The second-order valence-corrected chi connectivity index (χ2v) is 4.79. The minimum Gasteiger partial charge on any atom is -0.455 e. The fourth-order valence-corrected chi connectivity index (χ4v) is 2.02. The van der Waals surface area contributed by atoms with Crippen molar-refractivity contribution < 1.29 is 4.74 Å². The molecule has 0 bridgehead atoms. The topological polar surface area (TPSA) is 48.1 Å². The van der Waals surface area contributed by atoms with Crippen LogP contribution in [0.1, 0.15) is 18.9 Å². The molecular weight excluding hydrogens is 260 g/mol. The van der Waals surface area contributed by atoms with Crippen molar-refractivity contribution >= 4 is 11.6 Å². The highest BCUT2D eigenvalue weighted by Crippen LogP contribution is 2.31. The molecule has 0 aliphatic carbocycles. The lowest BCUT2D eigenvalue weighted by molar-refractivity contribution is 0.470. The number of pyridine rings is 1. The van der Waals surface area contributed by atoms with Gasteiger partial charge in [-0.3, -0.25) is 4.98 Å². The van der Waals surface area contributed by atoms with Gasteiger partial charge >= 0.3 is 0 Å². The molecule has 0 saturated carbocycles. The van der Waals surface area contributed by atoms with Crippen molar-refractivity contribution in [3.63, 3.8) is 0 Å². The Bertz CT molecular complexity index is 531. The van der Waals surface area contributed by atoms with Gasteiger partial charge in [0.1, 0.15) is 11.5 Å². The van der Waals surface area contributed by atoms with E-state index in [1.165, 1.54) is 0 Å². The molecule has 2 rings (SSSR count). The summed E-state index contributed by atoms with van der Waals surface area (Å²) in [6.45, 7) is 2.06. The Balaban J connectivity index is 2.27. The van der Waals surface area contributed by atoms with Crippen molar-refractivity contribution in [3.05, 3.63) is 53.3 Å². The number of nitrogens with two attached hydrogens (primary N) is 1. The summed E-state index contributed by atoms with van der Waals surface area (Å²) >= 11 is 6.25. The third-order valence-corrected chi connectivity index (χ3v) is 3.28. The van der Waals surface area contributed by atoms with E-state index in [1.807, 2.05) is 30.3 Å². The lowest BCUT2D eigenvalue weighted by Crippen LogP contribution is -2.21. The zero-order chi connectivity index (χ0) is 13.7. The second-order valence-electron chi connectivity index (χ2n) is 4.38. The van der Waals surface area contributed by atoms with Crippen LogP contribution in [0.2, 0.25) is 5.02 Å². The third-order valence-electron chi connectivity index (χ3n) is 2.93. The minimum atomic E-state index is 0.0798. The Hall–Kier alpha value is -1.58. The number of nitrogens with zero attached hydrogens (tertiary/aromatic N) is 1. The third kappa shape index (κ3) is 3.69. The van der Waals surface area contributed by atoms with E-state index in [0.717, 1.165) is 17.7 Å². The summed E-state index contributed by atoms with van der Waals surface area (Å²) in [5, 5.41) is 0.685. The molecule has 1 aromatic heterocycles. The van der Waals surface area contributed by atoms with Crippen LogP contribution >= 0.6 is 11.6 Å². The average Bonchev–Trinajstić information content (AvgIpc) is 2.43. The van der Waals surface area contributed by atoms with E-state index < -0.39 is 0 Å².